The van der Waals surface area contributed by atoms with Crippen molar-refractivity contribution in [3.8, 4) is 0 Å². The number of ketones is 1. The first-order chi connectivity index (χ1) is 9.15. The molecule has 19 heavy (non-hydrogen) atoms. The van der Waals surface area contributed by atoms with Gasteiger partial charge in [-0.05, 0) is 12.0 Å². The quantitative estimate of drug-likeness (QED) is 0.518. The topological polar surface area (TPSA) is 76.0 Å². The molecule has 0 spiro atoms. The number of aromatic amines is 1. The third kappa shape index (κ3) is 2.12. The molecule has 1 aliphatic carbocycles. The van der Waals surface area contributed by atoms with Crippen LogP contribution in [0.5, 0.6) is 0 Å². The van der Waals surface area contributed by atoms with Crippen LogP contribution in [0.2, 0.25) is 0 Å². The van der Waals surface area contributed by atoms with Crippen LogP contribution in [-0.4, -0.2) is 15.7 Å². The first kappa shape index (κ1) is 11.9. The molecule has 0 atom stereocenters. The molecule has 0 radical (unpaired) electrons. The van der Waals surface area contributed by atoms with E-state index in [4.69, 9.17) is 0 Å². The lowest BCUT2D eigenvalue weighted by Crippen LogP contribution is -2.15. The monoisotopic (exact) mass is 258 g/mol. The Hall–Kier alpha value is -2.17. The minimum absolute atomic E-state index is 0.0183. The van der Waals surface area contributed by atoms with Crippen molar-refractivity contribution in [2.75, 3.05) is 0 Å². The summed E-state index contributed by atoms with van der Waals surface area (Å²) in [6, 6.07) is 4.56. The van der Waals surface area contributed by atoms with Crippen LogP contribution in [0, 0.1) is 16.0 Å². The Balaban J connectivity index is 1.95. The van der Waals surface area contributed by atoms with E-state index in [0.29, 0.717) is 23.3 Å². The molecule has 1 N–H and O–H groups in total. The van der Waals surface area contributed by atoms with E-state index in [-0.39, 0.29) is 11.5 Å². The predicted octanol–water partition coefficient (Wildman–Crippen LogP) is 3.45. The van der Waals surface area contributed by atoms with Crippen LogP contribution in [0.3, 0.4) is 0 Å². The summed E-state index contributed by atoms with van der Waals surface area (Å²) in [6.45, 7) is 0. The molecule has 5 nitrogen and oxygen atoms in total. The number of nitro benzene ring substituents is 1. The lowest BCUT2D eigenvalue weighted by Gasteiger charge is -2.24. The third-order valence-electron chi connectivity index (χ3n) is 3.88. The molecule has 1 aromatic heterocycles. The van der Waals surface area contributed by atoms with Gasteiger partial charge in [-0.3, -0.25) is 14.9 Å². The molecular formula is C14H14N2O3. The summed E-state index contributed by atoms with van der Waals surface area (Å²) in [5.41, 5.74) is 1.36. The third-order valence-corrected chi connectivity index (χ3v) is 3.88. The van der Waals surface area contributed by atoms with Gasteiger partial charge in [-0.15, -0.1) is 0 Å². The van der Waals surface area contributed by atoms with E-state index in [1.54, 1.807) is 12.3 Å². The fraction of sp³-hybridized carbons (Fsp3) is 0.357. The van der Waals surface area contributed by atoms with Crippen LogP contribution in [0.4, 0.5) is 5.69 Å². The van der Waals surface area contributed by atoms with Crippen LogP contribution in [-0.2, 0) is 0 Å². The average molecular weight is 258 g/mol. The summed E-state index contributed by atoms with van der Waals surface area (Å²) in [5, 5.41) is 11.4. The highest BCUT2D eigenvalue weighted by molar-refractivity contribution is 6.08. The van der Waals surface area contributed by atoms with E-state index in [1.807, 2.05) is 0 Å². The summed E-state index contributed by atoms with van der Waals surface area (Å²) >= 11 is 0. The summed E-state index contributed by atoms with van der Waals surface area (Å²) in [7, 11) is 0. The molecule has 0 bridgehead atoms. The van der Waals surface area contributed by atoms with Crippen molar-refractivity contribution < 1.29 is 9.72 Å². The summed E-state index contributed by atoms with van der Waals surface area (Å²) in [6.07, 6.45) is 5.66. The van der Waals surface area contributed by atoms with Gasteiger partial charge in [0.05, 0.1) is 4.92 Å². The number of non-ortho nitro benzene ring substituents is 1. The summed E-state index contributed by atoms with van der Waals surface area (Å²) in [5.74, 6) is 0.576. The summed E-state index contributed by atoms with van der Waals surface area (Å²) < 4.78 is 0. The highest BCUT2D eigenvalue weighted by atomic mass is 16.6. The van der Waals surface area contributed by atoms with Gasteiger partial charge in [-0.2, -0.15) is 0 Å². The highest BCUT2D eigenvalue weighted by Gasteiger charge is 2.23. The van der Waals surface area contributed by atoms with Crippen molar-refractivity contribution in [1.29, 1.82) is 0 Å². The maximum Gasteiger partial charge on any atom is 0.270 e. The zero-order valence-corrected chi connectivity index (χ0v) is 10.4. The zero-order valence-electron chi connectivity index (χ0n) is 10.4. The Bertz CT molecular complexity index is 656. The Labute approximate surface area is 109 Å². The van der Waals surface area contributed by atoms with Crippen LogP contribution in [0.15, 0.2) is 24.4 Å². The lowest BCUT2D eigenvalue weighted by molar-refractivity contribution is -0.384. The SMILES string of the molecule is O=C(CC1CCC1)c1c[nH]c2ccc([N+](=O)[O-])cc12. The first-order valence-electron chi connectivity index (χ1n) is 6.44. The fourth-order valence-corrected chi connectivity index (χ4v) is 2.52. The Kier molecular flexibility index (Phi) is 2.81. The van der Waals surface area contributed by atoms with Crippen LogP contribution in [0.1, 0.15) is 36.0 Å². The van der Waals surface area contributed by atoms with Gasteiger partial charge in [-0.25, -0.2) is 0 Å². The Morgan fingerprint density at radius 2 is 2.21 bits per heavy atom. The van der Waals surface area contributed by atoms with Crippen molar-refractivity contribution in [2.24, 2.45) is 5.92 Å². The largest absolute Gasteiger partial charge is 0.360 e. The van der Waals surface area contributed by atoms with E-state index < -0.39 is 4.92 Å². The number of hydrogen-bond donors (Lipinski definition) is 1. The molecular weight excluding hydrogens is 244 g/mol. The molecule has 1 saturated carbocycles. The summed E-state index contributed by atoms with van der Waals surface area (Å²) in [4.78, 5) is 25.6. The maximum absolute atomic E-state index is 12.2. The number of Topliss-reactive ketones (excluding diaryl/α,β-unsaturated/α-hetero) is 1. The number of hydrogen-bond acceptors (Lipinski definition) is 3. The number of carbonyl (C=O) groups is 1. The van der Waals surface area contributed by atoms with Crippen LogP contribution in [0.25, 0.3) is 10.9 Å². The van der Waals surface area contributed by atoms with Gasteiger partial charge < -0.3 is 4.98 Å². The van der Waals surface area contributed by atoms with Gasteiger partial charge in [0.25, 0.3) is 5.69 Å². The minimum Gasteiger partial charge on any atom is -0.360 e. The second kappa shape index (κ2) is 4.50. The molecule has 98 valence electrons. The molecule has 1 aliphatic rings. The zero-order chi connectivity index (χ0) is 13.4. The molecule has 1 heterocycles. The van der Waals surface area contributed by atoms with Crippen molar-refractivity contribution in [2.45, 2.75) is 25.7 Å². The van der Waals surface area contributed by atoms with Crippen molar-refractivity contribution >= 4 is 22.4 Å². The molecule has 3 rings (SSSR count). The molecule has 0 aliphatic heterocycles. The Morgan fingerprint density at radius 3 is 2.84 bits per heavy atom. The molecule has 0 saturated heterocycles. The number of nitro groups is 1. The van der Waals surface area contributed by atoms with E-state index in [1.165, 1.54) is 18.6 Å². The molecule has 5 heteroatoms. The van der Waals surface area contributed by atoms with Gasteiger partial charge >= 0.3 is 0 Å². The normalized spacial score (nSPS) is 15.4. The average Bonchev–Trinajstić information content (AvgIpc) is 2.76. The van der Waals surface area contributed by atoms with Gasteiger partial charge in [0, 0.05) is 41.2 Å². The predicted molar refractivity (Wildman–Crippen MR) is 71.2 cm³/mol. The highest BCUT2D eigenvalue weighted by Crippen LogP contribution is 2.32. The van der Waals surface area contributed by atoms with E-state index in [2.05, 4.69) is 4.98 Å². The first-order valence-corrected chi connectivity index (χ1v) is 6.44. The second-order valence-electron chi connectivity index (χ2n) is 5.11. The van der Waals surface area contributed by atoms with Gasteiger partial charge in [0.15, 0.2) is 5.78 Å². The number of rotatable bonds is 4. The van der Waals surface area contributed by atoms with Crippen LogP contribution >= 0.6 is 0 Å². The number of fused-ring (bicyclic) bond motifs is 1. The molecule has 1 fully saturated rings. The number of carbonyl (C=O) groups excluding carboxylic acids is 1. The van der Waals surface area contributed by atoms with Crippen molar-refractivity contribution in [3.63, 3.8) is 0 Å². The van der Waals surface area contributed by atoms with E-state index in [0.717, 1.165) is 18.4 Å². The van der Waals surface area contributed by atoms with Gasteiger partial charge in [0.2, 0.25) is 0 Å². The molecule has 0 amide bonds. The number of nitrogens with zero attached hydrogens (tertiary/aromatic N) is 1. The van der Waals surface area contributed by atoms with Gasteiger partial charge in [-0.1, -0.05) is 19.3 Å². The van der Waals surface area contributed by atoms with Crippen molar-refractivity contribution in [1.82, 2.24) is 4.98 Å². The van der Waals surface area contributed by atoms with Crippen molar-refractivity contribution in [3.05, 3.63) is 40.1 Å². The molecule has 1 aromatic carbocycles. The molecule has 2 aromatic rings. The fourth-order valence-electron chi connectivity index (χ4n) is 2.52. The number of nitrogens with one attached hydrogen (secondary N) is 1. The standard InChI is InChI=1S/C14H14N2O3/c17-14(6-9-2-1-3-9)12-8-15-13-5-4-10(16(18)19)7-11(12)13/h4-5,7-9,15H,1-3,6H2. The van der Waals surface area contributed by atoms with E-state index >= 15 is 0 Å². The smallest absolute Gasteiger partial charge is 0.270 e. The van der Waals surface area contributed by atoms with Gasteiger partial charge in [0.1, 0.15) is 0 Å². The van der Waals surface area contributed by atoms with Crippen LogP contribution < -0.4 is 0 Å². The lowest BCUT2D eigenvalue weighted by atomic mass is 9.81. The number of benzene rings is 1. The second-order valence-corrected chi connectivity index (χ2v) is 5.11. The van der Waals surface area contributed by atoms with E-state index in [9.17, 15) is 14.9 Å². The minimum atomic E-state index is -0.438. The Morgan fingerprint density at radius 1 is 1.42 bits per heavy atom. The number of H-pyrrole nitrogens is 1. The molecule has 0 unspecified atom stereocenters. The number of aromatic nitrogens is 1. The maximum atomic E-state index is 12.2.